The molecule has 1 aromatic rings. The third-order valence-corrected chi connectivity index (χ3v) is 4.27. The topological polar surface area (TPSA) is 103 Å². The van der Waals surface area contributed by atoms with E-state index in [4.69, 9.17) is 15.7 Å². The van der Waals surface area contributed by atoms with Crippen molar-refractivity contribution in [2.75, 3.05) is 18.9 Å². The first-order valence-corrected chi connectivity index (χ1v) is 7.61. The van der Waals surface area contributed by atoms with Gasteiger partial charge in [-0.1, -0.05) is 6.07 Å². The van der Waals surface area contributed by atoms with Crippen molar-refractivity contribution in [3.05, 3.63) is 22.8 Å². The molecule has 0 saturated carbocycles. The van der Waals surface area contributed by atoms with Crippen LogP contribution < -0.4 is 21.1 Å². The molecule has 120 valence electrons. The number of ether oxygens (including phenoxy) is 1. The van der Waals surface area contributed by atoms with Crippen LogP contribution in [0, 0.1) is 18.4 Å². The first-order valence-electron chi connectivity index (χ1n) is 7.61. The normalized spacial score (nSPS) is 19.7. The van der Waals surface area contributed by atoms with Crippen molar-refractivity contribution < 1.29 is 14.1 Å². The molecule has 7 nitrogen and oxygen atoms in total. The van der Waals surface area contributed by atoms with Crippen LogP contribution in [0.2, 0.25) is 0 Å². The Morgan fingerprint density at radius 1 is 1.61 bits per heavy atom. The van der Waals surface area contributed by atoms with E-state index in [1.165, 1.54) is 4.58 Å². The molecule has 4 N–H and O–H groups in total. The molecular weight excluding hydrogens is 294 g/mol. The number of benzene rings is 1. The predicted molar refractivity (Wildman–Crippen MR) is 85.2 cm³/mol. The molecule has 2 aliphatic rings. The lowest BCUT2D eigenvalue weighted by Crippen LogP contribution is -2.43. The Labute approximate surface area is 134 Å². The van der Waals surface area contributed by atoms with Crippen LogP contribution in [0.4, 0.5) is 5.69 Å². The molecule has 7 heteroatoms. The minimum atomic E-state index is -0.0424. The van der Waals surface area contributed by atoms with Gasteiger partial charge in [0.05, 0.1) is 19.3 Å². The molecule has 1 aromatic carbocycles. The summed E-state index contributed by atoms with van der Waals surface area (Å²) in [4.78, 5) is 11.6. The van der Waals surface area contributed by atoms with E-state index in [0.717, 1.165) is 34.5 Å². The average molecular weight is 314 g/mol. The summed E-state index contributed by atoms with van der Waals surface area (Å²) in [6.45, 7) is 2.52. The summed E-state index contributed by atoms with van der Waals surface area (Å²) in [6.07, 6.45) is 3.87. The molecule has 0 saturated heterocycles. The highest BCUT2D eigenvalue weighted by molar-refractivity contribution is 5.95. The maximum Gasteiger partial charge on any atom is 0.326 e. The lowest BCUT2D eigenvalue weighted by Gasteiger charge is -2.21. The number of nitrogens with one attached hydrogen (secondary N) is 2. The van der Waals surface area contributed by atoms with Crippen LogP contribution in [-0.2, 0) is 17.6 Å². The molecule has 1 atom stereocenters. The highest BCUT2D eigenvalue weighted by Gasteiger charge is 2.31. The Balaban J connectivity index is 1.77. The van der Waals surface area contributed by atoms with Gasteiger partial charge >= 0.3 is 12.2 Å². The summed E-state index contributed by atoms with van der Waals surface area (Å²) in [5.41, 5.74) is 9.98. The number of nitrogens with two attached hydrogens (primary N) is 1. The number of hydrogen-bond acceptors (Lipinski definition) is 3. The van der Waals surface area contributed by atoms with Crippen molar-refractivity contribution in [2.24, 2.45) is 5.73 Å². The highest BCUT2D eigenvalue weighted by Crippen LogP contribution is 2.41. The zero-order valence-corrected chi connectivity index (χ0v) is 13.3. The van der Waals surface area contributed by atoms with Crippen molar-refractivity contribution in [2.45, 2.75) is 32.3 Å². The second-order valence-electron chi connectivity index (χ2n) is 5.95. The van der Waals surface area contributed by atoms with E-state index in [0.29, 0.717) is 25.3 Å². The van der Waals surface area contributed by atoms with Crippen molar-refractivity contribution in [1.29, 1.82) is 5.26 Å². The van der Waals surface area contributed by atoms with E-state index in [2.05, 4.69) is 16.7 Å². The van der Waals surface area contributed by atoms with Gasteiger partial charge in [0.1, 0.15) is 11.9 Å². The fourth-order valence-corrected chi connectivity index (χ4v) is 3.05. The van der Waals surface area contributed by atoms with Crippen molar-refractivity contribution in [3.8, 4) is 11.9 Å². The summed E-state index contributed by atoms with van der Waals surface area (Å²) in [6, 6.07) is 2.08. The van der Waals surface area contributed by atoms with Crippen molar-refractivity contribution in [1.82, 2.24) is 5.32 Å². The number of amides is 1. The van der Waals surface area contributed by atoms with Crippen molar-refractivity contribution in [3.63, 3.8) is 0 Å². The van der Waals surface area contributed by atoms with Gasteiger partial charge in [-0.25, -0.2) is 0 Å². The van der Waals surface area contributed by atoms with Crippen molar-refractivity contribution >= 4 is 17.6 Å². The molecular formula is C16H20N5O2+. The van der Waals surface area contributed by atoms with Gasteiger partial charge in [0.15, 0.2) is 0 Å². The van der Waals surface area contributed by atoms with Gasteiger partial charge in [0.25, 0.3) is 0 Å². The molecule has 2 heterocycles. The zero-order valence-electron chi connectivity index (χ0n) is 13.3. The number of carbonyl (C=O) groups is 1. The monoisotopic (exact) mass is 314 g/mol. The molecule has 2 aliphatic heterocycles. The first-order chi connectivity index (χ1) is 11.0. The number of nitrogens with zero attached hydrogens (tertiary/aromatic N) is 2. The molecule has 0 aliphatic carbocycles. The molecule has 1 unspecified atom stereocenters. The minimum absolute atomic E-state index is 0.0424. The molecule has 3 rings (SSSR count). The quantitative estimate of drug-likeness (QED) is 0.238. The van der Waals surface area contributed by atoms with Crippen LogP contribution in [0.5, 0.6) is 5.75 Å². The molecule has 0 aromatic heterocycles. The van der Waals surface area contributed by atoms with Gasteiger partial charge in [-0.15, -0.1) is 0 Å². The van der Waals surface area contributed by atoms with Crippen LogP contribution in [0.3, 0.4) is 0 Å². The summed E-state index contributed by atoms with van der Waals surface area (Å²) in [5, 5.41) is 14.8. The van der Waals surface area contributed by atoms with Gasteiger partial charge in [-0.05, 0) is 29.7 Å². The van der Waals surface area contributed by atoms with Crippen LogP contribution in [0.1, 0.15) is 23.1 Å². The van der Waals surface area contributed by atoms with E-state index < -0.39 is 0 Å². The van der Waals surface area contributed by atoms with Gasteiger partial charge in [-0.3, -0.25) is 10.1 Å². The van der Waals surface area contributed by atoms with Gasteiger partial charge in [-0.2, -0.15) is 4.58 Å². The maximum absolute atomic E-state index is 11.6. The van der Waals surface area contributed by atoms with Crippen LogP contribution in [-0.4, -0.2) is 36.1 Å². The van der Waals surface area contributed by atoms with Crippen LogP contribution in [0.15, 0.2) is 6.07 Å². The van der Waals surface area contributed by atoms with Crippen LogP contribution in [0.25, 0.3) is 0 Å². The number of guanidine groups is 1. The Hall–Kier alpha value is -2.75. The number of carbonyl (C=O) groups excluding carboxylic acids is 1. The fraction of sp³-hybridized carbons (Fsp3) is 0.438. The number of anilines is 1. The molecule has 23 heavy (non-hydrogen) atoms. The number of rotatable bonds is 2. The minimum Gasteiger partial charge on any atom is -0.486 e. The Kier molecular flexibility index (Phi) is 3.82. The molecule has 1 amide bonds. The summed E-state index contributed by atoms with van der Waals surface area (Å²) < 4.78 is 7.34. The standard InChI is InChI=1S/C16H19N5O2/c1-9-5-10-6-11(7-19-16(18)21(2)8-17)23-15(10)12-3-4-13(22)20-14(9)12/h5,11H,3-4,6-7H2,1-2H3,(H3,18,19,20,22)/p+1. The Morgan fingerprint density at radius 2 is 2.39 bits per heavy atom. The van der Waals surface area contributed by atoms with E-state index >= 15 is 0 Å². The van der Waals surface area contributed by atoms with E-state index in [-0.39, 0.29) is 12.0 Å². The summed E-state index contributed by atoms with van der Waals surface area (Å²) in [7, 11) is 1.59. The smallest absolute Gasteiger partial charge is 0.326 e. The predicted octanol–water partition coefficient (Wildman–Crippen LogP) is 0.211. The third kappa shape index (κ3) is 2.80. The molecule has 0 spiro atoms. The zero-order chi connectivity index (χ0) is 16.6. The van der Waals surface area contributed by atoms with E-state index in [1.807, 2.05) is 13.1 Å². The lowest BCUT2D eigenvalue weighted by molar-refractivity contribution is -0.406. The van der Waals surface area contributed by atoms with Gasteiger partial charge in [0.2, 0.25) is 5.91 Å². The Morgan fingerprint density at radius 3 is 3.13 bits per heavy atom. The van der Waals surface area contributed by atoms with Gasteiger partial charge in [0, 0.05) is 18.4 Å². The van der Waals surface area contributed by atoms with E-state index in [9.17, 15) is 4.79 Å². The summed E-state index contributed by atoms with van der Waals surface area (Å²) >= 11 is 0. The van der Waals surface area contributed by atoms with Crippen LogP contribution >= 0.6 is 0 Å². The number of fused-ring (bicyclic) bond motifs is 3. The number of hydrogen-bond donors (Lipinski definition) is 3. The number of nitriles is 1. The third-order valence-electron chi connectivity index (χ3n) is 4.27. The molecule has 0 radical (unpaired) electrons. The Bertz CT molecular complexity index is 748. The van der Waals surface area contributed by atoms with E-state index in [1.54, 1.807) is 7.05 Å². The second kappa shape index (κ2) is 5.80. The average Bonchev–Trinajstić information content (AvgIpc) is 2.94. The molecule has 0 fully saturated rings. The second-order valence-corrected chi connectivity index (χ2v) is 5.95. The lowest BCUT2D eigenvalue weighted by atomic mass is 9.94. The highest BCUT2D eigenvalue weighted by atomic mass is 16.5. The number of aryl methyl sites for hydroxylation is 1. The first kappa shape index (κ1) is 15.2. The largest absolute Gasteiger partial charge is 0.486 e. The fourth-order valence-electron chi connectivity index (χ4n) is 3.05. The maximum atomic E-state index is 11.6. The SMILES string of the molecule is Cc1cc2c(c3c1NC(=O)CC3)OC(CNC(N)=[N+](C)C#N)C2. The summed E-state index contributed by atoms with van der Waals surface area (Å²) in [5.74, 6) is 1.25. The molecule has 0 bridgehead atoms. The van der Waals surface area contributed by atoms with Gasteiger partial charge < -0.3 is 15.8 Å².